The summed E-state index contributed by atoms with van der Waals surface area (Å²) >= 11 is 7.23. The predicted molar refractivity (Wildman–Crippen MR) is 72.7 cm³/mol. The molecule has 1 aromatic heterocycles. The Labute approximate surface area is 119 Å². The van der Waals surface area contributed by atoms with E-state index < -0.39 is 12.1 Å². The van der Waals surface area contributed by atoms with Gasteiger partial charge >= 0.3 is 12.0 Å². The van der Waals surface area contributed by atoms with Crippen molar-refractivity contribution >= 4 is 34.9 Å². The Balaban J connectivity index is 2.10. The maximum Gasteiger partial charge on any atom is 0.332 e. The number of aliphatic hydroxyl groups excluding tert-OH is 1. The topological polar surface area (TPSA) is 98.7 Å². The van der Waals surface area contributed by atoms with Crippen molar-refractivity contribution < 1.29 is 19.8 Å². The molecule has 106 valence electrons. The molecule has 0 aromatic carbocycles. The lowest BCUT2D eigenvalue weighted by molar-refractivity contribution is -0.146. The van der Waals surface area contributed by atoms with Gasteiger partial charge in [-0.1, -0.05) is 11.6 Å². The number of carboxylic acids is 1. The summed E-state index contributed by atoms with van der Waals surface area (Å²) in [6, 6.07) is 3.31. The third-order valence-corrected chi connectivity index (χ3v) is 3.57. The Bertz CT molecular complexity index is 438. The van der Waals surface area contributed by atoms with Gasteiger partial charge in [-0.05, 0) is 18.6 Å². The van der Waals surface area contributed by atoms with Crippen molar-refractivity contribution in [2.45, 2.75) is 18.9 Å². The van der Waals surface area contributed by atoms with Gasteiger partial charge in [0.15, 0.2) is 6.10 Å². The van der Waals surface area contributed by atoms with Gasteiger partial charge < -0.3 is 20.8 Å². The predicted octanol–water partition coefficient (Wildman–Crippen LogP) is 1.08. The molecule has 0 aliphatic rings. The largest absolute Gasteiger partial charge is 0.479 e. The summed E-state index contributed by atoms with van der Waals surface area (Å²) in [5.74, 6) is -1.29. The van der Waals surface area contributed by atoms with Crippen molar-refractivity contribution in [2.75, 3.05) is 13.1 Å². The molecule has 4 N–H and O–H groups in total. The maximum atomic E-state index is 11.3. The van der Waals surface area contributed by atoms with Crippen LogP contribution in [0, 0.1) is 0 Å². The first-order valence-corrected chi connectivity index (χ1v) is 6.85. The molecule has 19 heavy (non-hydrogen) atoms. The molecule has 1 aromatic rings. The quantitative estimate of drug-likeness (QED) is 0.606. The first-order valence-electron chi connectivity index (χ1n) is 5.66. The molecule has 0 bridgehead atoms. The number of amides is 2. The molecule has 2 amide bonds. The van der Waals surface area contributed by atoms with Crippen LogP contribution < -0.4 is 10.6 Å². The van der Waals surface area contributed by atoms with Gasteiger partial charge in [-0.3, -0.25) is 0 Å². The number of carbonyl (C=O) groups excluding carboxylic acids is 1. The zero-order valence-corrected chi connectivity index (χ0v) is 11.6. The van der Waals surface area contributed by atoms with Crippen LogP contribution in [0.5, 0.6) is 0 Å². The molecule has 0 saturated carbocycles. The van der Waals surface area contributed by atoms with Crippen molar-refractivity contribution in [1.82, 2.24) is 10.6 Å². The van der Waals surface area contributed by atoms with E-state index in [-0.39, 0.29) is 19.0 Å². The van der Waals surface area contributed by atoms with Crippen LogP contribution in [0.15, 0.2) is 12.1 Å². The number of carbonyl (C=O) groups is 2. The molecule has 1 rings (SSSR count). The van der Waals surface area contributed by atoms with Gasteiger partial charge in [0, 0.05) is 24.4 Å². The summed E-state index contributed by atoms with van der Waals surface area (Å²) in [6.07, 6.45) is -0.792. The Morgan fingerprint density at radius 3 is 2.58 bits per heavy atom. The van der Waals surface area contributed by atoms with Crippen LogP contribution in [-0.2, 0) is 11.2 Å². The zero-order valence-electron chi connectivity index (χ0n) is 10.1. The minimum atomic E-state index is -1.45. The number of carboxylic acid groups (broad SMARTS) is 1. The molecule has 6 nitrogen and oxygen atoms in total. The summed E-state index contributed by atoms with van der Waals surface area (Å²) in [4.78, 5) is 22.7. The summed E-state index contributed by atoms with van der Waals surface area (Å²) in [5.41, 5.74) is 0. The lowest BCUT2D eigenvalue weighted by Gasteiger charge is -2.08. The number of aliphatic hydroxyl groups is 1. The van der Waals surface area contributed by atoms with Gasteiger partial charge in [0.05, 0.1) is 4.34 Å². The van der Waals surface area contributed by atoms with E-state index in [4.69, 9.17) is 21.8 Å². The molecule has 8 heteroatoms. The van der Waals surface area contributed by atoms with Gasteiger partial charge in [0.2, 0.25) is 0 Å². The van der Waals surface area contributed by atoms with Gasteiger partial charge in [-0.25, -0.2) is 9.59 Å². The SMILES string of the molecule is O=C(NCCc1ccc(Cl)s1)NCCC(O)C(=O)O. The summed E-state index contributed by atoms with van der Waals surface area (Å²) < 4.78 is 0.710. The minimum Gasteiger partial charge on any atom is -0.479 e. The van der Waals surface area contributed by atoms with Crippen molar-refractivity contribution in [3.63, 3.8) is 0 Å². The van der Waals surface area contributed by atoms with Crippen LogP contribution in [0.3, 0.4) is 0 Å². The number of hydrogen-bond acceptors (Lipinski definition) is 4. The molecule has 0 saturated heterocycles. The fourth-order valence-electron chi connectivity index (χ4n) is 1.29. The average Bonchev–Trinajstić information content (AvgIpc) is 2.74. The van der Waals surface area contributed by atoms with E-state index in [2.05, 4.69) is 10.6 Å². The van der Waals surface area contributed by atoms with Gasteiger partial charge in [-0.2, -0.15) is 0 Å². The first-order chi connectivity index (χ1) is 8.99. The lowest BCUT2D eigenvalue weighted by Crippen LogP contribution is -2.38. The van der Waals surface area contributed by atoms with E-state index >= 15 is 0 Å². The maximum absolute atomic E-state index is 11.3. The highest BCUT2D eigenvalue weighted by Crippen LogP contribution is 2.21. The van der Waals surface area contributed by atoms with Gasteiger partial charge in [0.1, 0.15) is 0 Å². The monoisotopic (exact) mass is 306 g/mol. The average molecular weight is 307 g/mol. The second kappa shape index (κ2) is 7.98. The van der Waals surface area contributed by atoms with E-state index in [0.29, 0.717) is 17.3 Å². The Kier molecular flexibility index (Phi) is 6.61. The Morgan fingerprint density at radius 1 is 1.32 bits per heavy atom. The number of nitrogens with one attached hydrogen (secondary N) is 2. The summed E-state index contributed by atoms with van der Waals surface area (Å²) in [5, 5.41) is 22.5. The number of urea groups is 1. The third-order valence-electron chi connectivity index (χ3n) is 2.27. The third kappa shape index (κ3) is 6.42. The van der Waals surface area contributed by atoms with E-state index in [9.17, 15) is 9.59 Å². The molecular formula is C11H15ClN2O4S. The van der Waals surface area contributed by atoms with Crippen molar-refractivity contribution in [3.05, 3.63) is 21.3 Å². The molecule has 1 atom stereocenters. The Hall–Kier alpha value is -1.31. The minimum absolute atomic E-state index is 0.0245. The van der Waals surface area contributed by atoms with E-state index in [1.165, 1.54) is 11.3 Å². The molecule has 0 aliphatic heterocycles. The van der Waals surface area contributed by atoms with E-state index in [1.807, 2.05) is 6.07 Å². The summed E-state index contributed by atoms with van der Waals surface area (Å²) in [6.45, 7) is 0.564. The molecule has 1 unspecified atom stereocenters. The van der Waals surface area contributed by atoms with Crippen LogP contribution >= 0.6 is 22.9 Å². The highest BCUT2D eigenvalue weighted by Gasteiger charge is 2.12. The zero-order chi connectivity index (χ0) is 14.3. The number of halogens is 1. The van der Waals surface area contributed by atoms with Crippen molar-refractivity contribution in [1.29, 1.82) is 0 Å². The second-order valence-electron chi connectivity index (χ2n) is 3.78. The van der Waals surface area contributed by atoms with Crippen molar-refractivity contribution in [2.24, 2.45) is 0 Å². The number of hydrogen-bond donors (Lipinski definition) is 4. The Morgan fingerprint density at radius 2 is 2.00 bits per heavy atom. The van der Waals surface area contributed by atoms with Crippen LogP contribution in [0.2, 0.25) is 4.34 Å². The number of aliphatic carboxylic acids is 1. The van der Waals surface area contributed by atoms with E-state index in [1.54, 1.807) is 6.07 Å². The van der Waals surface area contributed by atoms with Gasteiger partial charge in [-0.15, -0.1) is 11.3 Å². The standard InChI is InChI=1S/C11H15ClN2O4S/c12-9-2-1-7(19-9)3-5-13-11(18)14-6-4-8(15)10(16)17/h1-2,8,15H,3-6H2,(H,16,17)(H2,13,14,18). The molecule has 0 radical (unpaired) electrons. The normalized spacial score (nSPS) is 11.9. The highest BCUT2D eigenvalue weighted by molar-refractivity contribution is 7.16. The molecule has 1 heterocycles. The van der Waals surface area contributed by atoms with Crippen molar-refractivity contribution in [3.8, 4) is 0 Å². The fraction of sp³-hybridized carbons (Fsp3) is 0.455. The number of rotatable bonds is 7. The molecule has 0 fully saturated rings. The smallest absolute Gasteiger partial charge is 0.332 e. The van der Waals surface area contributed by atoms with Crippen LogP contribution in [0.25, 0.3) is 0 Å². The molecule has 0 spiro atoms. The highest BCUT2D eigenvalue weighted by atomic mass is 35.5. The fourth-order valence-corrected chi connectivity index (χ4v) is 2.38. The van der Waals surface area contributed by atoms with Crippen LogP contribution in [0.1, 0.15) is 11.3 Å². The van der Waals surface area contributed by atoms with Crippen LogP contribution in [0.4, 0.5) is 4.79 Å². The van der Waals surface area contributed by atoms with Gasteiger partial charge in [0.25, 0.3) is 0 Å². The lowest BCUT2D eigenvalue weighted by atomic mass is 10.2. The summed E-state index contributed by atoms with van der Waals surface area (Å²) in [7, 11) is 0. The first kappa shape index (κ1) is 15.7. The van der Waals surface area contributed by atoms with Crippen LogP contribution in [-0.4, -0.2) is 41.4 Å². The number of thiophene rings is 1. The molecule has 0 aliphatic carbocycles. The van der Waals surface area contributed by atoms with E-state index in [0.717, 1.165) is 4.88 Å². The second-order valence-corrected chi connectivity index (χ2v) is 5.58. The molecular weight excluding hydrogens is 292 g/mol.